The number of nitrogens with two attached hydrogens (primary N) is 1. The van der Waals surface area contributed by atoms with Crippen LogP contribution in [-0.2, 0) is 4.74 Å². The molecule has 2 nitrogen and oxygen atoms in total. The number of hydrogen-bond donors (Lipinski definition) is 1. The summed E-state index contributed by atoms with van der Waals surface area (Å²) in [7, 11) is 0. The van der Waals surface area contributed by atoms with E-state index in [9.17, 15) is 0 Å². The van der Waals surface area contributed by atoms with Crippen LogP contribution in [0.15, 0.2) is 0 Å². The van der Waals surface area contributed by atoms with Crippen LogP contribution in [0.25, 0.3) is 0 Å². The van der Waals surface area contributed by atoms with Crippen molar-refractivity contribution in [2.45, 2.75) is 70.4 Å². The first-order valence-electron chi connectivity index (χ1n) is 6.97. The van der Waals surface area contributed by atoms with E-state index in [2.05, 4.69) is 19.8 Å². The minimum Gasteiger partial charge on any atom is -0.374 e. The monoisotopic (exact) mass is 237 g/mol. The van der Waals surface area contributed by atoms with Crippen molar-refractivity contribution in [2.24, 2.45) is 11.7 Å². The summed E-state index contributed by atoms with van der Waals surface area (Å²) in [5, 5.41) is 0. The van der Waals surface area contributed by atoms with Gasteiger partial charge in [0, 0.05) is 19.1 Å². The summed E-state index contributed by atoms with van der Waals surface area (Å²) in [6.45, 7) is 5.13. The summed E-state index contributed by atoms with van der Waals surface area (Å²) in [6.07, 6.45) is 12.9. The second kappa shape index (κ2) is 7.03. The van der Waals surface area contributed by atoms with E-state index in [4.69, 9.17) is 16.9 Å². The van der Waals surface area contributed by atoms with Gasteiger partial charge in [0.05, 0.1) is 5.60 Å². The Labute approximate surface area is 106 Å². The molecule has 1 rings (SSSR count). The molecule has 2 N–H and O–H groups in total. The molecular formula is C15H27NO. The van der Waals surface area contributed by atoms with Crippen molar-refractivity contribution < 1.29 is 4.74 Å². The van der Waals surface area contributed by atoms with Gasteiger partial charge in [0.1, 0.15) is 0 Å². The van der Waals surface area contributed by atoms with Crippen molar-refractivity contribution in [1.82, 2.24) is 0 Å². The molecule has 0 aliphatic heterocycles. The van der Waals surface area contributed by atoms with Gasteiger partial charge in [0.15, 0.2) is 0 Å². The lowest BCUT2D eigenvalue weighted by molar-refractivity contribution is -0.0942. The normalized spacial score (nSPS) is 30.8. The summed E-state index contributed by atoms with van der Waals surface area (Å²) in [4.78, 5) is 0. The molecule has 3 atom stereocenters. The fourth-order valence-corrected chi connectivity index (χ4v) is 3.09. The first kappa shape index (κ1) is 14.5. The van der Waals surface area contributed by atoms with Gasteiger partial charge in [-0.15, -0.1) is 12.3 Å². The number of rotatable bonds is 6. The van der Waals surface area contributed by atoms with E-state index in [1.165, 1.54) is 12.8 Å². The minimum atomic E-state index is -0.0823. The van der Waals surface area contributed by atoms with E-state index in [0.29, 0.717) is 0 Å². The van der Waals surface area contributed by atoms with Gasteiger partial charge in [-0.3, -0.25) is 0 Å². The summed E-state index contributed by atoms with van der Waals surface area (Å²) in [6, 6.07) is 0.138. The van der Waals surface area contributed by atoms with Gasteiger partial charge in [0.25, 0.3) is 0 Å². The molecule has 1 fully saturated rings. The van der Waals surface area contributed by atoms with E-state index in [1.54, 1.807) is 0 Å². The van der Waals surface area contributed by atoms with Crippen molar-refractivity contribution in [2.75, 3.05) is 6.61 Å². The maximum Gasteiger partial charge on any atom is 0.0835 e. The summed E-state index contributed by atoms with van der Waals surface area (Å²) in [5.41, 5.74) is 6.30. The van der Waals surface area contributed by atoms with Crippen LogP contribution in [0.3, 0.4) is 0 Å². The van der Waals surface area contributed by atoms with Crippen LogP contribution in [0.5, 0.6) is 0 Å². The molecule has 98 valence electrons. The summed E-state index contributed by atoms with van der Waals surface area (Å²) < 4.78 is 6.06. The minimum absolute atomic E-state index is 0.0823. The van der Waals surface area contributed by atoms with Gasteiger partial charge in [0.2, 0.25) is 0 Å². The maximum atomic E-state index is 6.38. The second-order valence-electron chi connectivity index (χ2n) is 5.40. The Hall–Kier alpha value is -0.520. The molecule has 0 aromatic heterocycles. The van der Waals surface area contributed by atoms with Crippen LogP contribution < -0.4 is 5.73 Å². The van der Waals surface area contributed by atoms with Crippen LogP contribution >= 0.6 is 0 Å². The Morgan fingerprint density at radius 1 is 1.59 bits per heavy atom. The molecule has 1 aliphatic carbocycles. The van der Waals surface area contributed by atoms with Gasteiger partial charge in [-0.1, -0.05) is 19.8 Å². The van der Waals surface area contributed by atoms with E-state index >= 15 is 0 Å². The molecule has 1 saturated carbocycles. The highest BCUT2D eigenvalue weighted by atomic mass is 16.5. The van der Waals surface area contributed by atoms with Crippen molar-refractivity contribution in [3.63, 3.8) is 0 Å². The number of terminal acetylenes is 1. The topological polar surface area (TPSA) is 35.2 Å². The van der Waals surface area contributed by atoms with Gasteiger partial charge in [-0.2, -0.15) is 0 Å². The van der Waals surface area contributed by atoms with E-state index in [1.807, 2.05) is 0 Å². The molecule has 0 aromatic carbocycles. The predicted molar refractivity (Wildman–Crippen MR) is 72.6 cm³/mol. The van der Waals surface area contributed by atoms with Gasteiger partial charge >= 0.3 is 0 Å². The largest absolute Gasteiger partial charge is 0.374 e. The quantitative estimate of drug-likeness (QED) is 0.569. The van der Waals surface area contributed by atoms with Gasteiger partial charge < -0.3 is 10.5 Å². The molecule has 0 amide bonds. The number of ether oxygens (including phenoxy) is 1. The van der Waals surface area contributed by atoms with E-state index < -0.39 is 0 Å². The highest BCUT2D eigenvalue weighted by Crippen LogP contribution is 2.38. The van der Waals surface area contributed by atoms with Gasteiger partial charge in [-0.05, 0) is 38.5 Å². The molecule has 1 aliphatic rings. The molecule has 0 bridgehead atoms. The van der Waals surface area contributed by atoms with Crippen LogP contribution in [-0.4, -0.2) is 18.2 Å². The van der Waals surface area contributed by atoms with Crippen molar-refractivity contribution >= 4 is 0 Å². The third-order valence-electron chi connectivity index (χ3n) is 3.93. The van der Waals surface area contributed by atoms with Gasteiger partial charge in [-0.25, -0.2) is 0 Å². The fourth-order valence-electron chi connectivity index (χ4n) is 3.09. The molecule has 0 heterocycles. The molecule has 0 aromatic rings. The maximum absolute atomic E-state index is 6.38. The first-order valence-corrected chi connectivity index (χ1v) is 6.97. The lowest BCUT2D eigenvalue weighted by Crippen LogP contribution is -2.52. The molecular weight excluding hydrogens is 210 g/mol. The molecule has 0 spiro atoms. The Kier molecular flexibility index (Phi) is 6.02. The molecule has 17 heavy (non-hydrogen) atoms. The standard InChI is InChI=1S/C15H27NO/c1-4-6-7-10-14(16)15(17-5-2)11-8-9-13(3)12-15/h1,13-14H,5-12,16H2,2-3H3. The zero-order chi connectivity index (χ0) is 12.7. The first-order chi connectivity index (χ1) is 8.14. The zero-order valence-electron chi connectivity index (χ0n) is 11.4. The summed E-state index contributed by atoms with van der Waals surface area (Å²) >= 11 is 0. The Bertz CT molecular complexity index is 254. The zero-order valence-corrected chi connectivity index (χ0v) is 11.4. The van der Waals surface area contributed by atoms with Crippen LogP contribution in [0.1, 0.15) is 58.8 Å². The van der Waals surface area contributed by atoms with E-state index in [0.717, 1.165) is 44.6 Å². The SMILES string of the molecule is C#CCCCC(N)C1(OCC)CCCC(C)C1. The predicted octanol–water partition coefficient (Wildman–Crippen LogP) is 3.10. The molecule has 3 unspecified atom stereocenters. The second-order valence-corrected chi connectivity index (χ2v) is 5.40. The third-order valence-corrected chi connectivity index (χ3v) is 3.93. The van der Waals surface area contributed by atoms with E-state index in [-0.39, 0.29) is 11.6 Å². The number of unbranched alkanes of at least 4 members (excludes halogenated alkanes) is 1. The lowest BCUT2D eigenvalue weighted by atomic mass is 9.73. The third kappa shape index (κ3) is 4.01. The lowest BCUT2D eigenvalue weighted by Gasteiger charge is -2.44. The smallest absolute Gasteiger partial charge is 0.0835 e. The Morgan fingerprint density at radius 3 is 2.94 bits per heavy atom. The van der Waals surface area contributed by atoms with Crippen LogP contribution in [0.2, 0.25) is 0 Å². The van der Waals surface area contributed by atoms with Crippen molar-refractivity contribution in [3.05, 3.63) is 0 Å². The Morgan fingerprint density at radius 2 is 2.35 bits per heavy atom. The average Bonchev–Trinajstić information content (AvgIpc) is 2.29. The fraction of sp³-hybridized carbons (Fsp3) is 0.867. The Balaban J connectivity index is 2.59. The highest BCUT2D eigenvalue weighted by molar-refractivity contribution is 4.96. The highest BCUT2D eigenvalue weighted by Gasteiger charge is 2.40. The summed E-state index contributed by atoms with van der Waals surface area (Å²) in [5.74, 6) is 3.41. The number of hydrogen-bond acceptors (Lipinski definition) is 2. The average molecular weight is 237 g/mol. The molecule has 2 heteroatoms. The van der Waals surface area contributed by atoms with Crippen LogP contribution in [0, 0.1) is 18.3 Å². The molecule has 0 radical (unpaired) electrons. The van der Waals surface area contributed by atoms with Crippen molar-refractivity contribution in [3.8, 4) is 12.3 Å². The molecule has 0 saturated heterocycles. The van der Waals surface area contributed by atoms with Crippen molar-refractivity contribution in [1.29, 1.82) is 0 Å². The van der Waals surface area contributed by atoms with Crippen LogP contribution in [0.4, 0.5) is 0 Å².